The van der Waals surface area contributed by atoms with E-state index >= 15 is 0 Å². The maximum Gasteiger partial charge on any atom is 0.241 e. The number of sulfonamides is 1. The molecule has 0 heterocycles. The molecule has 0 bridgehead atoms. The predicted octanol–water partition coefficient (Wildman–Crippen LogP) is 2.15. The van der Waals surface area contributed by atoms with Gasteiger partial charge in [0.15, 0.2) is 0 Å². The molecule has 0 atom stereocenters. The van der Waals surface area contributed by atoms with Crippen molar-refractivity contribution in [1.29, 1.82) is 0 Å². The predicted molar refractivity (Wildman–Crippen MR) is 72.6 cm³/mol. The van der Waals surface area contributed by atoms with Gasteiger partial charge in [-0.3, -0.25) is 0 Å². The van der Waals surface area contributed by atoms with Crippen molar-refractivity contribution in [1.82, 2.24) is 10.0 Å². The van der Waals surface area contributed by atoms with Crippen LogP contribution in [0.3, 0.4) is 0 Å². The maximum absolute atomic E-state index is 11.8. The molecule has 0 amide bonds. The summed E-state index contributed by atoms with van der Waals surface area (Å²) in [4.78, 5) is 0.0589. The Bertz CT molecular complexity index is 556. The van der Waals surface area contributed by atoms with Gasteiger partial charge in [0.1, 0.15) is 4.90 Å². The Morgan fingerprint density at radius 1 is 1.28 bits per heavy atom. The summed E-state index contributed by atoms with van der Waals surface area (Å²) in [5.41, 5.74) is 0.738. The molecule has 1 aromatic carbocycles. The Morgan fingerprint density at radius 3 is 2.50 bits per heavy atom. The molecular formula is C11H14Cl2N2O2S. The van der Waals surface area contributed by atoms with E-state index in [1.54, 1.807) is 0 Å². The lowest BCUT2D eigenvalue weighted by molar-refractivity contribution is 0.588. The van der Waals surface area contributed by atoms with Gasteiger partial charge < -0.3 is 5.32 Å². The molecule has 18 heavy (non-hydrogen) atoms. The summed E-state index contributed by atoms with van der Waals surface area (Å²) in [5.74, 6) is 0. The standard InChI is InChI=1S/C11H14Cl2N2O2S/c1-14-18(16,17)11-4-7(6-15-8-2-3-8)9(12)5-10(11)13/h4-5,8,14-15H,2-3,6H2,1H3. The topological polar surface area (TPSA) is 58.2 Å². The highest BCUT2D eigenvalue weighted by atomic mass is 35.5. The number of benzene rings is 1. The van der Waals surface area contributed by atoms with E-state index in [1.807, 2.05) is 0 Å². The van der Waals surface area contributed by atoms with Gasteiger partial charge in [-0.2, -0.15) is 0 Å². The van der Waals surface area contributed by atoms with Crippen molar-refractivity contribution in [3.05, 3.63) is 27.7 Å². The second-order valence-corrected chi connectivity index (χ2v) is 6.91. The highest BCUT2D eigenvalue weighted by molar-refractivity contribution is 7.89. The quantitative estimate of drug-likeness (QED) is 0.876. The van der Waals surface area contributed by atoms with Crippen molar-refractivity contribution in [3.63, 3.8) is 0 Å². The second kappa shape index (κ2) is 5.35. The minimum atomic E-state index is -3.56. The van der Waals surface area contributed by atoms with Gasteiger partial charge in [-0.05, 0) is 37.6 Å². The smallest absolute Gasteiger partial charge is 0.241 e. The molecule has 100 valence electrons. The van der Waals surface area contributed by atoms with E-state index in [-0.39, 0.29) is 9.92 Å². The Kier molecular flexibility index (Phi) is 4.18. The monoisotopic (exact) mass is 308 g/mol. The van der Waals surface area contributed by atoms with Crippen molar-refractivity contribution in [2.45, 2.75) is 30.3 Å². The highest BCUT2D eigenvalue weighted by Crippen LogP contribution is 2.29. The summed E-state index contributed by atoms with van der Waals surface area (Å²) in [5, 5.41) is 3.89. The molecule has 7 heteroatoms. The van der Waals surface area contributed by atoms with Crippen molar-refractivity contribution in [2.24, 2.45) is 0 Å². The van der Waals surface area contributed by atoms with Crippen LogP contribution in [0.4, 0.5) is 0 Å². The molecule has 0 radical (unpaired) electrons. The molecule has 4 nitrogen and oxygen atoms in total. The van der Waals surface area contributed by atoms with Gasteiger partial charge in [-0.25, -0.2) is 13.1 Å². The maximum atomic E-state index is 11.8. The number of rotatable bonds is 5. The van der Waals surface area contributed by atoms with E-state index in [9.17, 15) is 8.42 Å². The molecule has 1 aliphatic rings. The molecule has 0 saturated heterocycles. The van der Waals surface area contributed by atoms with Gasteiger partial charge >= 0.3 is 0 Å². The number of hydrogen-bond acceptors (Lipinski definition) is 3. The van der Waals surface area contributed by atoms with Crippen LogP contribution in [0.5, 0.6) is 0 Å². The van der Waals surface area contributed by atoms with Crippen molar-refractivity contribution < 1.29 is 8.42 Å². The lowest BCUT2D eigenvalue weighted by atomic mass is 10.2. The molecule has 1 aromatic rings. The second-order valence-electron chi connectivity index (χ2n) is 4.24. The molecule has 1 saturated carbocycles. The molecule has 0 unspecified atom stereocenters. The zero-order valence-corrected chi connectivity index (χ0v) is 12.2. The summed E-state index contributed by atoms with van der Waals surface area (Å²) in [6.07, 6.45) is 2.32. The van der Waals surface area contributed by atoms with E-state index in [0.29, 0.717) is 17.6 Å². The molecule has 2 N–H and O–H groups in total. The van der Waals surface area contributed by atoms with Crippen LogP contribution in [-0.4, -0.2) is 21.5 Å². The Morgan fingerprint density at radius 2 is 1.94 bits per heavy atom. The zero-order valence-electron chi connectivity index (χ0n) is 9.83. The lowest BCUT2D eigenvalue weighted by Gasteiger charge is -2.10. The SMILES string of the molecule is CNS(=O)(=O)c1cc(CNC2CC2)c(Cl)cc1Cl. The largest absolute Gasteiger partial charge is 0.310 e. The van der Waals surface area contributed by atoms with E-state index in [1.165, 1.54) is 19.2 Å². The highest BCUT2D eigenvalue weighted by Gasteiger charge is 2.22. The molecule has 0 aromatic heterocycles. The third kappa shape index (κ3) is 3.16. The van der Waals surface area contributed by atoms with Crippen molar-refractivity contribution in [2.75, 3.05) is 7.05 Å². The first-order chi connectivity index (χ1) is 8.44. The Balaban J connectivity index is 2.32. The Hall–Kier alpha value is -0.330. The van der Waals surface area contributed by atoms with Gasteiger partial charge in [0.05, 0.1) is 5.02 Å². The summed E-state index contributed by atoms with van der Waals surface area (Å²) < 4.78 is 25.8. The Labute approximate surface area is 117 Å². The number of halogens is 2. The third-order valence-corrected chi connectivity index (χ3v) is 5.05. The van der Waals surface area contributed by atoms with Crippen LogP contribution >= 0.6 is 23.2 Å². The average molecular weight is 309 g/mol. The fourth-order valence-corrected chi connectivity index (χ4v) is 3.15. The van der Waals surface area contributed by atoms with Crippen LogP contribution in [0.1, 0.15) is 18.4 Å². The molecule has 0 aliphatic heterocycles. The van der Waals surface area contributed by atoms with Gasteiger partial charge in [0, 0.05) is 17.6 Å². The first-order valence-corrected chi connectivity index (χ1v) is 7.83. The molecule has 0 spiro atoms. The van der Waals surface area contributed by atoms with Gasteiger partial charge in [0.25, 0.3) is 0 Å². The summed E-state index contributed by atoms with van der Waals surface area (Å²) >= 11 is 12.0. The minimum Gasteiger partial charge on any atom is -0.310 e. The van der Waals surface area contributed by atoms with Crippen molar-refractivity contribution >= 4 is 33.2 Å². The van der Waals surface area contributed by atoms with Gasteiger partial charge in [-0.15, -0.1) is 0 Å². The van der Waals surface area contributed by atoms with Crippen LogP contribution in [-0.2, 0) is 16.6 Å². The van der Waals surface area contributed by atoms with Crippen LogP contribution in [0, 0.1) is 0 Å². The number of nitrogens with one attached hydrogen (secondary N) is 2. The van der Waals surface area contributed by atoms with E-state index < -0.39 is 10.0 Å². The molecular weight excluding hydrogens is 295 g/mol. The van der Waals surface area contributed by atoms with Gasteiger partial charge in [0.2, 0.25) is 10.0 Å². The normalized spacial score (nSPS) is 15.9. The van der Waals surface area contributed by atoms with Crippen LogP contribution in [0.15, 0.2) is 17.0 Å². The molecule has 1 aliphatic carbocycles. The first-order valence-electron chi connectivity index (χ1n) is 5.59. The van der Waals surface area contributed by atoms with Gasteiger partial charge in [-0.1, -0.05) is 23.2 Å². The fraction of sp³-hybridized carbons (Fsp3) is 0.455. The zero-order chi connectivity index (χ0) is 13.3. The third-order valence-electron chi connectivity index (χ3n) is 2.82. The average Bonchev–Trinajstić information content (AvgIpc) is 3.11. The van der Waals surface area contributed by atoms with Crippen LogP contribution in [0.25, 0.3) is 0 Å². The van der Waals surface area contributed by atoms with Crippen LogP contribution in [0.2, 0.25) is 10.0 Å². The van der Waals surface area contributed by atoms with E-state index in [0.717, 1.165) is 18.4 Å². The van der Waals surface area contributed by atoms with Crippen molar-refractivity contribution in [3.8, 4) is 0 Å². The number of hydrogen-bond donors (Lipinski definition) is 2. The summed E-state index contributed by atoms with van der Waals surface area (Å²) in [6, 6.07) is 3.52. The molecule has 1 fully saturated rings. The van der Waals surface area contributed by atoms with E-state index in [2.05, 4.69) is 10.0 Å². The molecule has 2 rings (SSSR count). The fourth-order valence-electron chi connectivity index (χ4n) is 1.56. The van der Waals surface area contributed by atoms with Crippen LogP contribution < -0.4 is 10.0 Å². The lowest BCUT2D eigenvalue weighted by Crippen LogP contribution is -2.20. The summed E-state index contributed by atoms with van der Waals surface area (Å²) in [6.45, 7) is 0.549. The van der Waals surface area contributed by atoms with E-state index in [4.69, 9.17) is 23.2 Å². The summed E-state index contributed by atoms with van der Waals surface area (Å²) in [7, 11) is -2.21. The minimum absolute atomic E-state index is 0.0589. The first kappa shape index (κ1) is 14.1.